The van der Waals surface area contributed by atoms with Crippen molar-refractivity contribution in [1.29, 1.82) is 10.5 Å². The number of aromatic nitrogens is 2. The van der Waals surface area contributed by atoms with Gasteiger partial charge in [0, 0.05) is 32.0 Å². The molecule has 2 aliphatic rings. The maximum Gasteiger partial charge on any atom is 0.134 e. The van der Waals surface area contributed by atoms with Gasteiger partial charge in [-0.3, -0.25) is 0 Å². The summed E-state index contributed by atoms with van der Waals surface area (Å²) in [6, 6.07) is 12.5. The fourth-order valence-corrected chi connectivity index (χ4v) is 4.16. The van der Waals surface area contributed by atoms with Gasteiger partial charge in [-0.2, -0.15) is 10.5 Å². The molecule has 1 atom stereocenters. The zero-order valence-electron chi connectivity index (χ0n) is 16.6. The van der Waals surface area contributed by atoms with Crippen molar-refractivity contribution in [2.24, 2.45) is 0 Å². The minimum atomic E-state index is -0.572. The van der Waals surface area contributed by atoms with Crippen LogP contribution in [0, 0.1) is 22.7 Å². The van der Waals surface area contributed by atoms with Gasteiger partial charge in [0.2, 0.25) is 0 Å². The Kier molecular flexibility index (Phi) is 5.33. The van der Waals surface area contributed by atoms with E-state index >= 15 is 0 Å². The van der Waals surface area contributed by atoms with Crippen LogP contribution in [0.3, 0.4) is 0 Å². The molecule has 148 valence electrons. The number of nitrogens with one attached hydrogen (secondary N) is 1. The molecule has 0 aromatic carbocycles. The predicted octanol–water partition coefficient (Wildman–Crippen LogP) is 3.65. The van der Waals surface area contributed by atoms with Gasteiger partial charge in [-0.15, -0.1) is 0 Å². The van der Waals surface area contributed by atoms with Crippen molar-refractivity contribution >= 4 is 17.5 Å². The largest absolute Gasteiger partial charge is 0.381 e. The summed E-state index contributed by atoms with van der Waals surface area (Å²) in [7, 11) is 0. The van der Waals surface area contributed by atoms with E-state index in [1.54, 1.807) is 18.3 Å². The molecule has 4 heterocycles. The SMILES string of the molecule is C[C@@H]1CCCN1c1cc(C2(C#N)CCOCC2)cc(Nc2cc(C#N)ccn2)n1. The smallest absolute Gasteiger partial charge is 0.134 e. The molecule has 0 amide bonds. The first-order valence-corrected chi connectivity index (χ1v) is 10.0. The van der Waals surface area contributed by atoms with Crippen LogP contribution in [0.2, 0.25) is 0 Å². The molecule has 0 saturated carbocycles. The van der Waals surface area contributed by atoms with Crippen LogP contribution in [-0.4, -0.2) is 35.8 Å². The molecule has 2 aromatic heterocycles. The third-order valence-corrected chi connectivity index (χ3v) is 5.92. The number of hydrogen-bond donors (Lipinski definition) is 1. The summed E-state index contributed by atoms with van der Waals surface area (Å²) >= 11 is 0. The molecular formula is C22H24N6O. The van der Waals surface area contributed by atoms with Gasteiger partial charge >= 0.3 is 0 Å². The molecule has 0 aliphatic carbocycles. The number of pyridine rings is 2. The molecule has 0 bridgehead atoms. The zero-order valence-corrected chi connectivity index (χ0v) is 16.6. The third kappa shape index (κ3) is 3.87. The summed E-state index contributed by atoms with van der Waals surface area (Å²) in [4.78, 5) is 11.4. The van der Waals surface area contributed by atoms with Crippen LogP contribution in [0.25, 0.3) is 0 Å². The van der Waals surface area contributed by atoms with Gasteiger partial charge in [0.1, 0.15) is 17.5 Å². The van der Waals surface area contributed by atoms with E-state index < -0.39 is 5.41 Å². The molecule has 29 heavy (non-hydrogen) atoms. The third-order valence-electron chi connectivity index (χ3n) is 5.92. The van der Waals surface area contributed by atoms with Gasteiger partial charge in [0.05, 0.1) is 23.1 Å². The second kappa shape index (κ2) is 8.06. The van der Waals surface area contributed by atoms with E-state index in [0.717, 1.165) is 30.8 Å². The molecule has 0 spiro atoms. The van der Waals surface area contributed by atoms with E-state index in [0.29, 0.717) is 49.3 Å². The Morgan fingerprint density at radius 2 is 2.03 bits per heavy atom. The second-order valence-corrected chi connectivity index (χ2v) is 7.76. The van der Waals surface area contributed by atoms with E-state index in [4.69, 9.17) is 15.0 Å². The lowest BCUT2D eigenvalue weighted by atomic mass is 9.75. The summed E-state index contributed by atoms with van der Waals surface area (Å²) in [5.74, 6) is 2.08. The Balaban J connectivity index is 1.75. The maximum absolute atomic E-state index is 10.0. The lowest BCUT2D eigenvalue weighted by Crippen LogP contribution is -2.33. The molecule has 4 rings (SSSR count). The minimum Gasteiger partial charge on any atom is -0.381 e. The van der Waals surface area contributed by atoms with Gasteiger partial charge in [0.25, 0.3) is 0 Å². The monoisotopic (exact) mass is 388 g/mol. The van der Waals surface area contributed by atoms with E-state index in [-0.39, 0.29) is 0 Å². The van der Waals surface area contributed by atoms with Crippen molar-refractivity contribution < 1.29 is 4.74 Å². The van der Waals surface area contributed by atoms with Crippen LogP contribution in [0.1, 0.15) is 43.7 Å². The fraction of sp³-hybridized carbons (Fsp3) is 0.455. The number of ether oxygens (including phenoxy) is 1. The standard InChI is InChI=1S/C22H24N6O/c1-16-3-2-8-28(16)21-13-18(22(15-24)5-9-29-10-6-22)12-20(27-21)26-19-11-17(14-23)4-7-25-19/h4,7,11-13,16H,2-3,5-6,8-10H2,1H3,(H,25,26,27)/t16-/m1/s1. The van der Waals surface area contributed by atoms with Crippen molar-refractivity contribution in [2.45, 2.75) is 44.1 Å². The van der Waals surface area contributed by atoms with Crippen molar-refractivity contribution in [3.8, 4) is 12.1 Å². The van der Waals surface area contributed by atoms with Crippen LogP contribution in [0.5, 0.6) is 0 Å². The van der Waals surface area contributed by atoms with Crippen LogP contribution >= 0.6 is 0 Å². The Morgan fingerprint density at radius 1 is 1.21 bits per heavy atom. The molecule has 7 heteroatoms. The number of anilines is 3. The quantitative estimate of drug-likeness (QED) is 0.853. The molecule has 2 aliphatic heterocycles. The molecule has 2 aromatic rings. The topological polar surface area (TPSA) is 97.9 Å². The molecule has 2 saturated heterocycles. The highest BCUT2D eigenvalue weighted by atomic mass is 16.5. The highest BCUT2D eigenvalue weighted by molar-refractivity contribution is 5.60. The molecule has 1 N–H and O–H groups in total. The Morgan fingerprint density at radius 3 is 2.72 bits per heavy atom. The van der Waals surface area contributed by atoms with Crippen molar-refractivity contribution in [3.05, 3.63) is 41.6 Å². The highest BCUT2D eigenvalue weighted by Crippen LogP contribution is 2.38. The van der Waals surface area contributed by atoms with Gasteiger partial charge in [-0.1, -0.05) is 0 Å². The first-order chi connectivity index (χ1) is 14.1. The number of hydrogen-bond acceptors (Lipinski definition) is 7. The lowest BCUT2D eigenvalue weighted by Gasteiger charge is -2.32. The summed E-state index contributed by atoms with van der Waals surface area (Å²) in [6.45, 7) is 4.34. The minimum absolute atomic E-state index is 0.415. The van der Waals surface area contributed by atoms with Crippen LogP contribution in [0.15, 0.2) is 30.5 Å². The van der Waals surface area contributed by atoms with Crippen LogP contribution < -0.4 is 10.2 Å². The maximum atomic E-state index is 10.0. The van der Waals surface area contributed by atoms with Crippen LogP contribution in [-0.2, 0) is 10.2 Å². The molecule has 7 nitrogen and oxygen atoms in total. The van der Waals surface area contributed by atoms with Crippen LogP contribution in [0.4, 0.5) is 17.5 Å². The average Bonchev–Trinajstić information content (AvgIpc) is 3.20. The van der Waals surface area contributed by atoms with Gasteiger partial charge < -0.3 is 15.0 Å². The van der Waals surface area contributed by atoms with E-state index in [2.05, 4.69) is 40.3 Å². The molecule has 0 unspecified atom stereocenters. The van der Waals surface area contributed by atoms with Crippen molar-refractivity contribution in [1.82, 2.24) is 9.97 Å². The van der Waals surface area contributed by atoms with E-state index in [1.165, 1.54) is 0 Å². The molecule has 2 fully saturated rings. The van der Waals surface area contributed by atoms with Crippen molar-refractivity contribution in [3.63, 3.8) is 0 Å². The Labute approximate surface area is 171 Å². The average molecular weight is 388 g/mol. The first kappa shape index (κ1) is 19.2. The lowest BCUT2D eigenvalue weighted by molar-refractivity contribution is 0.0675. The van der Waals surface area contributed by atoms with Gasteiger partial charge in [0.15, 0.2) is 0 Å². The van der Waals surface area contributed by atoms with Gasteiger partial charge in [-0.25, -0.2) is 9.97 Å². The molecule has 0 radical (unpaired) electrons. The van der Waals surface area contributed by atoms with Gasteiger partial charge in [-0.05, 0) is 62.4 Å². The second-order valence-electron chi connectivity index (χ2n) is 7.76. The normalized spacial score (nSPS) is 20.7. The number of nitriles is 2. The number of rotatable bonds is 4. The summed E-state index contributed by atoms with van der Waals surface area (Å²) in [5, 5.41) is 22.4. The summed E-state index contributed by atoms with van der Waals surface area (Å²) in [6.07, 6.45) is 5.22. The van der Waals surface area contributed by atoms with E-state index in [1.807, 2.05) is 6.07 Å². The molecular weight excluding hydrogens is 364 g/mol. The Bertz CT molecular complexity index is 970. The number of nitrogens with zero attached hydrogens (tertiary/aromatic N) is 5. The van der Waals surface area contributed by atoms with Crippen molar-refractivity contribution in [2.75, 3.05) is 30.0 Å². The Hall–Kier alpha value is -3.16. The predicted molar refractivity (Wildman–Crippen MR) is 110 cm³/mol. The summed E-state index contributed by atoms with van der Waals surface area (Å²) in [5.41, 5.74) is 0.924. The highest BCUT2D eigenvalue weighted by Gasteiger charge is 2.36. The fourth-order valence-electron chi connectivity index (χ4n) is 4.16. The summed E-state index contributed by atoms with van der Waals surface area (Å²) < 4.78 is 5.51. The first-order valence-electron chi connectivity index (χ1n) is 10.0. The zero-order chi connectivity index (χ0) is 20.3. The van der Waals surface area contributed by atoms with E-state index in [9.17, 15) is 5.26 Å².